The lowest BCUT2D eigenvalue weighted by Gasteiger charge is -2.34. The molecule has 2 N–H and O–H groups in total. The summed E-state index contributed by atoms with van der Waals surface area (Å²) in [6.45, 7) is 3.17. The number of anilines is 1. The highest BCUT2D eigenvalue weighted by Gasteiger charge is 2.42. The molecule has 0 spiro atoms. The summed E-state index contributed by atoms with van der Waals surface area (Å²) in [5.41, 5.74) is 2.49. The molecule has 3 aromatic rings. The molecular formula is C21H21N3O5S. The Morgan fingerprint density at radius 2 is 1.80 bits per heavy atom. The minimum atomic E-state index is -4.04. The fourth-order valence-corrected chi connectivity index (χ4v) is 5.57. The maximum atomic E-state index is 13.5. The summed E-state index contributed by atoms with van der Waals surface area (Å²) >= 11 is 0. The van der Waals surface area contributed by atoms with Crippen LogP contribution in [0.4, 0.5) is 5.69 Å². The molecule has 0 aliphatic carbocycles. The van der Waals surface area contributed by atoms with E-state index in [1.807, 2.05) is 24.3 Å². The number of hydrogen-bond donors (Lipinski definition) is 2. The topological polar surface area (TPSA) is 113 Å². The van der Waals surface area contributed by atoms with Gasteiger partial charge in [0.05, 0.1) is 0 Å². The summed E-state index contributed by atoms with van der Waals surface area (Å²) in [6, 6.07) is 12.5. The van der Waals surface area contributed by atoms with Crippen LogP contribution in [-0.4, -0.2) is 34.9 Å². The SMILES string of the molecule is Cc1noc(C)c1S(=O)(=O)N1Cc2ccccc2CC1C(=O)Nc1ccc(O)cc1. The van der Waals surface area contributed by atoms with Crippen LogP contribution >= 0.6 is 0 Å². The molecule has 4 rings (SSSR count). The first-order valence-corrected chi connectivity index (χ1v) is 10.8. The highest BCUT2D eigenvalue weighted by molar-refractivity contribution is 7.89. The Morgan fingerprint density at radius 1 is 1.13 bits per heavy atom. The fraction of sp³-hybridized carbons (Fsp3) is 0.238. The molecule has 0 saturated carbocycles. The van der Waals surface area contributed by atoms with Crippen LogP contribution in [0.1, 0.15) is 22.6 Å². The van der Waals surface area contributed by atoms with E-state index in [0.29, 0.717) is 5.69 Å². The van der Waals surface area contributed by atoms with Crippen LogP contribution < -0.4 is 5.32 Å². The van der Waals surface area contributed by atoms with Crippen molar-refractivity contribution in [1.82, 2.24) is 9.46 Å². The number of carbonyl (C=O) groups excluding carboxylic acids is 1. The first-order chi connectivity index (χ1) is 14.3. The van der Waals surface area contributed by atoms with Gasteiger partial charge in [0.15, 0.2) is 5.76 Å². The average molecular weight is 427 g/mol. The molecule has 1 unspecified atom stereocenters. The van der Waals surface area contributed by atoms with Gasteiger partial charge in [0.2, 0.25) is 15.9 Å². The maximum absolute atomic E-state index is 13.5. The Balaban J connectivity index is 1.74. The molecule has 156 valence electrons. The first-order valence-electron chi connectivity index (χ1n) is 9.39. The standard InChI is InChI=1S/C21H21N3O5S/c1-13-20(14(2)29-23-13)30(27,28)24-12-16-6-4-3-5-15(16)11-19(24)21(26)22-17-7-9-18(25)10-8-17/h3-10,19,25H,11-12H2,1-2H3,(H,22,26). The highest BCUT2D eigenvalue weighted by atomic mass is 32.2. The summed E-state index contributed by atoms with van der Waals surface area (Å²) in [6.07, 6.45) is 0.239. The molecule has 1 aromatic heterocycles. The van der Waals surface area contributed by atoms with Crippen LogP contribution in [-0.2, 0) is 27.8 Å². The molecule has 1 aliphatic rings. The number of aromatic nitrogens is 1. The molecule has 0 radical (unpaired) electrons. The Morgan fingerprint density at radius 3 is 2.43 bits per heavy atom. The lowest BCUT2D eigenvalue weighted by molar-refractivity contribution is -0.120. The Hall–Kier alpha value is -3.17. The molecule has 30 heavy (non-hydrogen) atoms. The number of nitrogens with one attached hydrogen (secondary N) is 1. The van der Waals surface area contributed by atoms with E-state index < -0.39 is 22.0 Å². The van der Waals surface area contributed by atoms with Crippen molar-refractivity contribution < 1.29 is 22.8 Å². The number of aryl methyl sites for hydroxylation is 2. The number of nitrogens with zero attached hydrogens (tertiary/aromatic N) is 2. The second kappa shape index (κ2) is 7.58. The van der Waals surface area contributed by atoms with Gasteiger partial charge >= 0.3 is 0 Å². The second-order valence-electron chi connectivity index (χ2n) is 7.23. The third-order valence-corrected chi connectivity index (χ3v) is 7.28. The van der Waals surface area contributed by atoms with Crippen molar-refractivity contribution >= 4 is 21.6 Å². The normalized spacial score (nSPS) is 16.8. The summed E-state index contributed by atoms with van der Waals surface area (Å²) in [4.78, 5) is 13.1. The molecule has 1 atom stereocenters. The molecule has 9 heteroatoms. The third kappa shape index (κ3) is 3.57. The van der Waals surface area contributed by atoms with Crippen molar-refractivity contribution in [2.24, 2.45) is 0 Å². The zero-order chi connectivity index (χ0) is 21.5. The molecule has 2 aromatic carbocycles. The van der Waals surface area contributed by atoms with Crippen LogP contribution in [0.2, 0.25) is 0 Å². The average Bonchev–Trinajstić information content (AvgIpc) is 3.07. The van der Waals surface area contributed by atoms with E-state index in [-0.39, 0.29) is 35.1 Å². The van der Waals surface area contributed by atoms with Gasteiger partial charge in [-0.15, -0.1) is 0 Å². The van der Waals surface area contributed by atoms with Crippen molar-refractivity contribution in [2.75, 3.05) is 5.32 Å². The van der Waals surface area contributed by atoms with Crippen LogP contribution in [0.3, 0.4) is 0 Å². The highest BCUT2D eigenvalue weighted by Crippen LogP contribution is 2.32. The van der Waals surface area contributed by atoms with Gasteiger partial charge in [-0.3, -0.25) is 4.79 Å². The molecule has 0 saturated heterocycles. The van der Waals surface area contributed by atoms with Crippen LogP contribution in [0.5, 0.6) is 5.75 Å². The first kappa shape index (κ1) is 20.1. The van der Waals surface area contributed by atoms with Gasteiger partial charge in [-0.2, -0.15) is 4.31 Å². The van der Waals surface area contributed by atoms with E-state index in [9.17, 15) is 18.3 Å². The monoisotopic (exact) mass is 427 g/mol. The van der Waals surface area contributed by atoms with E-state index in [2.05, 4.69) is 10.5 Å². The van der Waals surface area contributed by atoms with E-state index in [1.54, 1.807) is 19.1 Å². The second-order valence-corrected chi connectivity index (χ2v) is 9.06. The smallest absolute Gasteiger partial charge is 0.249 e. The lowest BCUT2D eigenvalue weighted by Crippen LogP contribution is -2.50. The third-order valence-electron chi connectivity index (χ3n) is 5.18. The van der Waals surface area contributed by atoms with Crippen molar-refractivity contribution in [3.63, 3.8) is 0 Å². The van der Waals surface area contributed by atoms with Crippen molar-refractivity contribution in [2.45, 2.75) is 37.8 Å². The molecule has 0 bridgehead atoms. The van der Waals surface area contributed by atoms with Gasteiger partial charge in [0.25, 0.3) is 0 Å². The molecular weight excluding hydrogens is 406 g/mol. The van der Waals surface area contributed by atoms with Gasteiger partial charge in [-0.1, -0.05) is 29.4 Å². The van der Waals surface area contributed by atoms with Gasteiger partial charge in [0.1, 0.15) is 22.4 Å². The summed E-state index contributed by atoms with van der Waals surface area (Å²) in [7, 11) is -4.04. The molecule has 0 fully saturated rings. The van der Waals surface area contributed by atoms with E-state index in [1.165, 1.54) is 23.4 Å². The molecule has 1 amide bonds. The minimum absolute atomic E-state index is 0.00989. The van der Waals surface area contributed by atoms with Crippen molar-refractivity contribution in [3.05, 3.63) is 71.1 Å². The molecule has 8 nitrogen and oxygen atoms in total. The summed E-state index contributed by atoms with van der Waals surface area (Å²) < 4.78 is 33.3. The zero-order valence-corrected chi connectivity index (χ0v) is 17.3. The number of carbonyl (C=O) groups is 1. The van der Waals surface area contributed by atoms with Crippen LogP contribution in [0.25, 0.3) is 0 Å². The quantitative estimate of drug-likeness (QED) is 0.619. The van der Waals surface area contributed by atoms with Crippen molar-refractivity contribution in [1.29, 1.82) is 0 Å². The summed E-state index contributed by atoms with van der Waals surface area (Å²) in [5.74, 6) is -0.197. The fourth-order valence-electron chi connectivity index (χ4n) is 3.71. The minimum Gasteiger partial charge on any atom is -0.508 e. The molecule has 2 heterocycles. The number of aromatic hydroxyl groups is 1. The van der Waals surface area contributed by atoms with E-state index in [4.69, 9.17) is 4.52 Å². The molecule has 1 aliphatic heterocycles. The summed E-state index contributed by atoms with van der Waals surface area (Å²) in [5, 5.41) is 16.0. The lowest BCUT2D eigenvalue weighted by atomic mass is 9.95. The maximum Gasteiger partial charge on any atom is 0.249 e. The number of phenols is 1. The van der Waals surface area contributed by atoms with E-state index in [0.717, 1.165) is 11.1 Å². The van der Waals surface area contributed by atoms with Gasteiger partial charge < -0.3 is 14.9 Å². The zero-order valence-electron chi connectivity index (χ0n) is 16.5. The van der Waals surface area contributed by atoms with Gasteiger partial charge in [-0.25, -0.2) is 8.42 Å². The number of amides is 1. The predicted octanol–water partition coefficient (Wildman–Crippen LogP) is 2.75. The Bertz CT molecular complexity index is 1180. The van der Waals surface area contributed by atoms with Crippen LogP contribution in [0, 0.1) is 13.8 Å². The number of benzene rings is 2. The van der Waals surface area contributed by atoms with Crippen LogP contribution in [0.15, 0.2) is 57.9 Å². The predicted molar refractivity (Wildman–Crippen MR) is 109 cm³/mol. The Kier molecular flexibility index (Phi) is 5.08. The number of hydrogen-bond acceptors (Lipinski definition) is 6. The van der Waals surface area contributed by atoms with Crippen molar-refractivity contribution in [3.8, 4) is 5.75 Å². The largest absolute Gasteiger partial charge is 0.508 e. The number of phenolic OH excluding ortho intramolecular Hbond substituents is 1. The van der Waals surface area contributed by atoms with Gasteiger partial charge in [0, 0.05) is 12.2 Å². The number of sulfonamides is 1. The Labute approximate surface area is 174 Å². The number of rotatable bonds is 4. The number of fused-ring (bicyclic) bond motifs is 1. The van der Waals surface area contributed by atoms with E-state index >= 15 is 0 Å². The van der Waals surface area contributed by atoms with Gasteiger partial charge in [-0.05, 0) is 55.7 Å².